The minimum Gasteiger partial charge on any atom is -0.351 e. The van der Waals surface area contributed by atoms with Crippen molar-refractivity contribution in [1.29, 1.82) is 0 Å². The van der Waals surface area contributed by atoms with Crippen LogP contribution in [0.2, 0.25) is 0 Å². The molecular formula is C15H25N3O4SSi. The van der Waals surface area contributed by atoms with Crippen LogP contribution in [0.25, 0.3) is 10.4 Å². The molecule has 0 spiro atoms. The highest BCUT2D eigenvalue weighted by atomic mass is 32.2. The predicted octanol–water partition coefficient (Wildman–Crippen LogP) is 2.79. The van der Waals surface area contributed by atoms with Gasteiger partial charge in [0.1, 0.15) is 0 Å². The molecule has 0 saturated carbocycles. The van der Waals surface area contributed by atoms with Gasteiger partial charge in [-0.15, -0.1) is 0 Å². The normalized spacial score (nSPS) is 12.1. The van der Waals surface area contributed by atoms with Crippen molar-refractivity contribution >= 4 is 20.3 Å². The van der Waals surface area contributed by atoms with E-state index >= 15 is 0 Å². The quantitative estimate of drug-likeness (QED) is 0.149. The number of hydrogen-bond donors (Lipinski definition) is 0. The maximum Gasteiger partial charge on any atom is 0.264 e. The average molecular weight is 372 g/mol. The lowest BCUT2D eigenvalue weighted by Crippen LogP contribution is -2.34. The summed E-state index contributed by atoms with van der Waals surface area (Å²) in [4.78, 5) is 2.32. The van der Waals surface area contributed by atoms with E-state index in [2.05, 4.69) is 23.3 Å². The van der Waals surface area contributed by atoms with Crippen molar-refractivity contribution in [2.45, 2.75) is 49.8 Å². The maximum absolute atomic E-state index is 11.9. The summed E-state index contributed by atoms with van der Waals surface area (Å²) in [5, 5.41) is 0. The van der Waals surface area contributed by atoms with Crippen molar-refractivity contribution in [3.63, 3.8) is 0 Å². The van der Waals surface area contributed by atoms with Crippen molar-refractivity contribution in [1.82, 2.24) is 0 Å². The summed E-state index contributed by atoms with van der Waals surface area (Å²) < 4.78 is 38.7. The van der Waals surface area contributed by atoms with Crippen LogP contribution in [0.4, 0.5) is 0 Å². The van der Waals surface area contributed by atoms with Crippen LogP contribution >= 0.6 is 0 Å². The van der Waals surface area contributed by atoms with Crippen LogP contribution < -0.4 is 0 Å². The summed E-state index contributed by atoms with van der Waals surface area (Å²) in [6.45, 7) is 5.23. The van der Waals surface area contributed by atoms with Crippen molar-refractivity contribution < 1.29 is 17.9 Å². The zero-order chi connectivity index (χ0) is 18.1. The van der Waals surface area contributed by atoms with Gasteiger partial charge in [0.05, 0.1) is 15.1 Å². The molecule has 0 fully saturated rings. The molecule has 24 heavy (non-hydrogen) atoms. The SMILES string of the molecule is CCCCOC([SiH3])(OCCCC)c1cccc(S(=O)(=O)N=[N+]=[N-])c1. The van der Waals surface area contributed by atoms with E-state index in [1.165, 1.54) is 12.1 Å². The van der Waals surface area contributed by atoms with Gasteiger partial charge in [-0.1, -0.05) is 38.8 Å². The second kappa shape index (κ2) is 9.80. The van der Waals surface area contributed by atoms with Gasteiger partial charge in [-0.3, -0.25) is 0 Å². The summed E-state index contributed by atoms with van der Waals surface area (Å²) in [6.07, 6.45) is 3.80. The highest BCUT2D eigenvalue weighted by Gasteiger charge is 2.29. The largest absolute Gasteiger partial charge is 0.351 e. The third kappa shape index (κ3) is 5.92. The molecule has 7 nitrogen and oxygen atoms in total. The Morgan fingerprint density at radius 2 is 1.79 bits per heavy atom. The average Bonchev–Trinajstić information content (AvgIpc) is 2.55. The lowest BCUT2D eigenvalue weighted by atomic mass is 10.2. The van der Waals surface area contributed by atoms with E-state index < -0.39 is 15.4 Å². The van der Waals surface area contributed by atoms with Gasteiger partial charge < -0.3 is 9.47 Å². The Labute approximate surface area is 146 Å². The molecule has 0 aliphatic rings. The van der Waals surface area contributed by atoms with Crippen molar-refractivity contribution in [2.24, 2.45) is 4.52 Å². The third-order valence-corrected chi connectivity index (χ3v) is 5.84. The maximum atomic E-state index is 11.9. The Balaban J connectivity index is 3.15. The second-order valence-electron chi connectivity index (χ2n) is 5.52. The van der Waals surface area contributed by atoms with Crippen LogP contribution in [0.3, 0.4) is 0 Å². The number of ether oxygens (including phenoxy) is 2. The monoisotopic (exact) mass is 371 g/mol. The van der Waals surface area contributed by atoms with Crippen LogP contribution in [0.15, 0.2) is 33.7 Å². The molecule has 1 aromatic rings. The summed E-state index contributed by atoms with van der Waals surface area (Å²) >= 11 is 0. The second-order valence-corrected chi connectivity index (χ2v) is 8.43. The molecule has 0 aliphatic heterocycles. The topological polar surface area (TPSA) is 101 Å². The van der Waals surface area contributed by atoms with Gasteiger partial charge >= 0.3 is 0 Å². The molecule has 0 heterocycles. The minimum absolute atomic E-state index is 0.0591. The number of rotatable bonds is 11. The molecule has 9 heteroatoms. The Bertz CT molecular complexity index is 665. The molecular weight excluding hydrogens is 346 g/mol. The van der Waals surface area contributed by atoms with Gasteiger partial charge in [0.25, 0.3) is 10.0 Å². The van der Waals surface area contributed by atoms with E-state index in [-0.39, 0.29) is 4.90 Å². The van der Waals surface area contributed by atoms with E-state index in [4.69, 9.17) is 15.0 Å². The van der Waals surface area contributed by atoms with Gasteiger partial charge in [-0.25, -0.2) is 8.42 Å². The van der Waals surface area contributed by atoms with E-state index in [0.717, 1.165) is 25.7 Å². The summed E-state index contributed by atoms with van der Waals surface area (Å²) in [6, 6.07) is 6.25. The van der Waals surface area contributed by atoms with E-state index in [9.17, 15) is 8.42 Å². The fraction of sp³-hybridized carbons (Fsp3) is 0.600. The number of benzene rings is 1. The van der Waals surface area contributed by atoms with E-state index in [1.807, 2.05) is 0 Å². The Kier molecular flexibility index (Phi) is 8.44. The van der Waals surface area contributed by atoms with Crippen LogP contribution in [-0.2, 0) is 24.9 Å². The van der Waals surface area contributed by atoms with Crippen molar-refractivity contribution in [2.75, 3.05) is 13.2 Å². The van der Waals surface area contributed by atoms with Gasteiger partial charge in [0.2, 0.25) is 0 Å². The number of sulfonamides is 1. The number of azide groups is 1. The first-order valence-corrected chi connectivity index (χ1v) is 10.5. The lowest BCUT2D eigenvalue weighted by molar-refractivity contribution is -0.187. The van der Waals surface area contributed by atoms with Gasteiger partial charge in [0, 0.05) is 28.2 Å². The fourth-order valence-corrected chi connectivity index (χ4v) is 3.50. The minimum atomic E-state index is -4.03. The molecule has 0 bridgehead atoms. The van der Waals surface area contributed by atoms with Crippen LogP contribution in [0, 0.1) is 0 Å². The lowest BCUT2D eigenvalue weighted by Gasteiger charge is -2.31. The predicted molar refractivity (Wildman–Crippen MR) is 96.1 cm³/mol. The first-order chi connectivity index (χ1) is 11.4. The van der Waals surface area contributed by atoms with E-state index in [1.54, 1.807) is 12.1 Å². The van der Waals surface area contributed by atoms with Crippen LogP contribution in [-0.4, -0.2) is 31.9 Å². The molecule has 0 N–H and O–H groups in total. The smallest absolute Gasteiger partial charge is 0.264 e. The van der Waals surface area contributed by atoms with Gasteiger partial charge in [-0.05, 0) is 30.5 Å². The Morgan fingerprint density at radius 1 is 1.21 bits per heavy atom. The molecule has 0 radical (unpaired) electrons. The number of hydrogen-bond acceptors (Lipinski definition) is 4. The van der Waals surface area contributed by atoms with Crippen molar-refractivity contribution in [3.05, 3.63) is 40.3 Å². The van der Waals surface area contributed by atoms with Gasteiger partial charge in [-0.2, -0.15) is 0 Å². The number of unbranched alkanes of at least 4 members (excludes halogenated alkanes) is 2. The Morgan fingerprint density at radius 3 is 2.29 bits per heavy atom. The highest BCUT2D eigenvalue weighted by Crippen LogP contribution is 2.27. The summed E-state index contributed by atoms with van der Waals surface area (Å²) in [5.41, 5.74) is 8.14. The molecule has 0 atom stereocenters. The van der Waals surface area contributed by atoms with Crippen molar-refractivity contribution in [3.8, 4) is 0 Å². The fourth-order valence-electron chi connectivity index (χ4n) is 2.07. The molecule has 0 aliphatic carbocycles. The third-order valence-electron chi connectivity index (χ3n) is 3.55. The molecule has 0 unspecified atom stereocenters. The summed E-state index contributed by atoms with van der Waals surface area (Å²) in [7, 11) is -3.50. The Hall–Kier alpha value is -1.38. The first kappa shape index (κ1) is 20.7. The standard InChI is InChI=1S/C15H25N3O4SSi/c1-3-5-10-21-15(24,22-11-6-4-2)13-8-7-9-14(12-13)23(19,20)18-17-16/h7-9,12H,3-6,10-11H2,1-2,24H3. The zero-order valence-corrected chi connectivity index (χ0v) is 17.3. The molecule has 1 aromatic carbocycles. The van der Waals surface area contributed by atoms with Crippen LogP contribution in [0.5, 0.6) is 0 Å². The molecule has 0 amide bonds. The molecule has 0 aromatic heterocycles. The molecule has 134 valence electrons. The van der Waals surface area contributed by atoms with E-state index in [0.29, 0.717) is 29.0 Å². The summed E-state index contributed by atoms with van der Waals surface area (Å²) in [5.74, 6) is 0. The first-order valence-electron chi connectivity index (χ1n) is 8.09. The highest BCUT2D eigenvalue weighted by molar-refractivity contribution is 7.90. The number of nitrogens with zero attached hydrogens (tertiary/aromatic N) is 3. The molecule has 1 rings (SSSR count). The van der Waals surface area contributed by atoms with Gasteiger partial charge in [0.15, 0.2) is 5.41 Å². The zero-order valence-electron chi connectivity index (χ0n) is 14.4. The molecule has 0 saturated heterocycles. The van der Waals surface area contributed by atoms with Crippen LogP contribution in [0.1, 0.15) is 45.1 Å².